The molecule has 2 heterocycles. The van der Waals surface area contributed by atoms with Crippen molar-refractivity contribution in [2.75, 3.05) is 12.4 Å². The highest BCUT2D eigenvalue weighted by molar-refractivity contribution is 5.94. The van der Waals surface area contributed by atoms with Crippen LogP contribution in [0, 0.1) is 18.4 Å². The van der Waals surface area contributed by atoms with Crippen LogP contribution < -0.4 is 5.32 Å². The Hall–Kier alpha value is -3.04. The molecule has 2 aromatic rings. The Morgan fingerprint density at radius 2 is 2.10 bits per heavy atom. The number of ether oxygens (including phenoxy) is 1. The first-order valence-corrected chi connectivity index (χ1v) is 5.34. The van der Waals surface area contributed by atoms with Gasteiger partial charge >= 0.3 is 18.1 Å². The Kier molecular flexibility index (Phi) is 4.07. The SMILES string of the molecule is COC(=O)c1nc(F)n[c]c1-c1cc(NC=O)nc(F)n1. The lowest BCUT2D eigenvalue weighted by Crippen LogP contribution is -2.11. The van der Waals surface area contributed by atoms with E-state index >= 15 is 0 Å². The number of nitrogens with one attached hydrogen (secondary N) is 1. The summed E-state index contributed by atoms with van der Waals surface area (Å²) in [6, 6.07) is 1.14. The van der Waals surface area contributed by atoms with Gasteiger partial charge in [-0.2, -0.15) is 23.7 Å². The molecule has 10 heteroatoms. The van der Waals surface area contributed by atoms with E-state index in [1.807, 2.05) is 0 Å². The number of nitrogens with zero attached hydrogens (tertiary/aromatic N) is 4. The first kappa shape index (κ1) is 14.4. The number of hydrogen-bond acceptors (Lipinski definition) is 7. The van der Waals surface area contributed by atoms with Gasteiger partial charge in [0.1, 0.15) is 12.0 Å². The molecule has 0 fully saturated rings. The molecule has 0 saturated carbocycles. The number of carbonyl (C=O) groups is 2. The molecule has 1 amide bonds. The minimum Gasteiger partial charge on any atom is -0.464 e. The van der Waals surface area contributed by atoms with Gasteiger partial charge in [0.25, 0.3) is 0 Å². The van der Waals surface area contributed by atoms with Crippen LogP contribution in [-0.4, -0.2) is 39.4 Å². The van der Waals surface area contributed by atoms with E-state index in [9.17, 15) is 18.4 Å². The van der Waals surface area contributed by atoms with Gasteiger partial charge in [-0.3, -0.25) is 4.79 Å². The minimum atomic E-state index is -1.21. The third-order valence-corrected chi connectivity index (χ3v) is 2.24. The zero-order valence-electron chi connectivity index (χ0n) is 10.4. The maximum absolute atomic E-state index is 13.3. The molecule has 8 nitrogen and oxygen atoms in total. The second kappa shape index (κ2) is 5.94. The molecule has 0 aliphatic carbocycles. The molecule has 0 aromatic carbocycles. The molecule has 0 saturated heterocycles. The van der Waals surface area contributed by atoms with Crippen LogP contribution in [0.5, 0.6) is 0 Å². The summed E-state index contributed by atoms with van der Waals surface area (Å²) in [6.45, 7) is 0. The summed E-state index contributed by atoms with van der Waals surface area (Å²) in [6.07, 6.45) is 0.0634. The Balaban J connectivity index is 2.60. The van der Waals surface area contributed by atoms with Crippen LogP contribution in [-0.2, 0) is 9.53 Å². The minimum absolute atomic E-state index is 0.166. The second-order valence-electron chi connectivity index (χ2n) is 3.49. The molecule has 107 valence electrons. The predicted octanol–water partition coefficient (Wildman–Crippen LogP) is 0.367. The lowest BCUT2D eigenvalue weighted by molar-refractivity contribution is -0.105. The summed E-state index contributed by atoms with van der Waals surface area (Å²) in [5, 5.41) is 2.12. The third-order valence-electron chi connectivity index (χ3n) is 2.24. The van der Waals surface area contributed by atoms with Crippen molar-refractivity contribution in [2.24, 2.45) is 0 Å². The summed E-state index contributed by atoms with van der Waals surface area (Å²) in [5.41, 5.74) is -0.856. The molecular formula is C11H6F2N5O3. The third kappa shape index (κ3) is 3.11. The molecule has 0 atom stereocenters. The first-order valence-electron chi connectivity index (χ1n) is 5.34. The lowest BCUT2D eigenvalue weighted by atomic mass is 10.1. The van der Waals surface area contributed by atoms with Gasteiger partial charge in [0.15, 0.2) is 5.69 Å². The summed E-state index contributed by atoms with van der Waals surface area (Å²) < 4.78 is 30.8. The smallest absolute Gasteiger partial charge is 0.357 e. The number of hydrogen-bond donors (Lipinski definition) is 1. The van der Waals surface area contributed by atoms with Crippen molar-refractivity contribution >= 4 is 18.2 Å². The summed E-state index contributed by atoms with van der Waals surface area (Å²) in [5.74, 6) is -1.15. The van der Waals surface area contributed by atoms with Crippen molar-refractivity contribution in [3.05, 3.63) is 30.1 Å². The maximum atomic E-state index is 13.3. The van der Waals surface area contributed by atoms with Crippen LogP contribution in [0.4, 0.5) is 14.6 Å². The number of rotatable bonds is 4. The van der Waals surface area contributed by atoms with Gasteiger partial charge < -0.3 is 10.1 Å². The van der Waals surface area contributed by atoms with Crippen molar-refractivity contribution in [3.63, 3.8) is 0 Å². The molecule has 21 heavy (non-hydrogen) atoms. The topological polar surface area (TPSA) is 107 Å². The Morgan fingerprint density at radius 3 is 2.76 bits per heavy atom. The van der Waals surface area contributed by atoms with Crippen LogP contribution in [0.2, 0.25) is 0 Å². The number of amides is 1. The Bertz CT molecular complexity index is 710. The van der Waals surface area contributed by atoms with Gasteiger partial charge in [-0.1, -0.05) is 0 Å². The van der Waals surface area contributed by atoms with Crippen molar-refractivity contribution in [1.29, 1.82) is 0 Å². The van der Waals surface area contributed by atoms with Gasteiger partial charge in [-0.15, -0.1) is 0 Å². The van der Waals surface area contributed by atoms with Crippen LogP contribution in [0.1, 0.15) is 10.5 Å². The molecule has 0 spiro atoms. The van der Waals surface area contributed by atoms with E-state index in [2.05, 4.69) is 36.2 Å². The molecule has 0 aliphatic heterocycles. The summed E-state index contributed by atoms with van der Waals surface area (Å²) in [4.78, 5) is 35.0. The molecule has 2 aromatic heterocycles. The van der Waals surface area contributed by atoms with E-state index in [1.54, 1.807) is 0 Å². The molecular weight excluding hydrogens is 288 g/mol. The lowest BCUT2D eigenvalue weighted by Gasteiger charge is -2.06. The fourth-order valence-electron chi connectivity index (χ4n) is 1.43. The van der Waals surface area contributed by atoms with Crippen molar-refractivity contribution in [2.45, 2.75) is 0 Å². The summed E-state index contributed by atoms with van der Waals surface area (Å²) in [7, 11) is 1.06. The van der Waals surface area contributed by atoms with E-state index in [1.165, 1.54) is 0 Å². The van der Waals surface area contributed by atoms with E-state index in [-0.39, 0.29) is 23.5 Å². The van der Waals surface area contributed by atoms with Gasteiger partial charge in [-0.05, 0) is 0 Å². The molecule has 0 bridgehead atoms. The standard InChI is InChI=1S/C11H6F2N5O3/c1-21-9(20)8-5(3-14-10(12)18-8)6-2-7(15-4-19)17-11(13)16-6/h2,4H,1H3,(H,15,16,17,19). The summed E-state index contributed by atoms with van der Waals surface area (Å²) >= 11 is 0. The average molecular weight is 294 g/mol. The number of methoxy groups -OCH3 is 1. The van der Waals surface area contributed by atoms with Crippen LogP contribution >= 0.6 is 0 Å². The highest BCUT2D eigenvalue weighted by atomic mass is 19.1. The quantitative estimate of drug-likeness (QED) is 0.493. The maximum Gasteiger partial charge on any atom is 0.357 e. The molecule has 1 N–H and O–H groups in total. The van der Waals surface area contributed by atoms with E-state index in [0.717, 1.165) is 13.2 Å². The monoisotopic (exact) mass is 294 g/mol. The number of anilines is 1. The van der Waals surface area contributed by atoms with Crippen molar-refractivity contribution in [3.8, 4) is 11.3 Å². The predicted molar refractivity (Wildman–Crippen MR) is 62.8 cm³/mol. The van der Waals surface area contributed by atoms with E-state index < -0.39 is 23.8 Å². The zero-order chi connectivity index (χ0) is 15.4. The van der Waals surface area contributed by atoms with Crippen molar-refractivity contribution < 1.29 is 23.1 Å². The number of halogens is 2. The highest BCUT2D eigenvalue weighted by Gasteiger charge is 2.20. The van der Waals surface area contributed by atoms with Gasteiger partial charge in [0.05, 0.1) is 18.4 Å². The molecule has 1 radical (unpaired) electrons. The number of aromatic nitrogens is 4. The number of carbonyl (C=O) groups excluding carboxylic acids is 2. The van der Waals surface area contributed by atoms with Crippen LogP contribution in [0.25, 0.3) is 11.3 Å². The normalized spacial score (nSPS) is 10.0. The fourth-order valence-corrected chi connectivity index (χ4v) is 1.43. The molecule has 0 aliphatic rings. The number of esters is 1. The van der Waals surface area contributed by atoms with E-state index in [0.29, 0.717) is 0 Å². The van der Waals surface area contributed by atoms with Gasteiger partial charge in [-0.25, -0.2) is 9.78 Å². The molecule has 0 unspecified atom stereocenters. The highest BCUT2D eigenvalue weighted by Crippen LogP contribution is 2.22. The van der Waals surface area contributed by atoms with Crippen molar-refractivity contribution in [1.82, 2.24) is 19.9 Å². The Labute approximate surface area is 116 Å². The van der Waals surface area contributed by atoms with Crippen LogP contribution in [0.3, 0.4) is 0 Å². The fraction of sp³-hybridized carbons (Fsp3) is 0.0909. The van der Waals surface area contributed by atoms with Gasteiger partial charge in [0.2, 0.25) is 6.41 Å². The first-order chi connectivity index (χ1) is 10.0. The van der Waals surface area contributed by atoms with Crippen LogP contribution in [0.15, 0.2) is 6.07 Å². The van der Waals surface area contributed by atoms with E-state index in [4.69, 9.17) is 0 Å². The largest absolute Gasteiger partial charge is 0.464 e. The molecule has 2 rings (SSSR count). The average Bonchev–Trinajstić information content (AvgIpc) is 2.46. The Morgan fingerprint density at radius 1 is 1.33 bits per heavy atom. The second-order valence-corrected chi connectivity index (χ2v) is 3.49. The zero-order valence-corrected chi connectivity index (χ0v) is 10.4. The van der Waals surface area contributed by atoms with Gasteiger partial charge in [0, 0.05) is 6.07 Å².